The SMILES string of the molecule is CCCCCCC(=O)N[C@@H](NC(=S)Nc1cccc(C(F)(F)F)c1)C(Cl)(Cl)Cl. The Morgan fingerprint density at radius 1 is 1.14 bits per heavy atom. The fourth-order valence-electron chi connectivity index (χ4n) is 2.22. The smallest absolute Gasteiger partial charge is 0.339 e. The summed E-state index contributed by atoms with van der Waals surface area (Å²) in [6.45, 7) is 2.06. The number of rotatable bonds is 8. The summed E-state index contributed by atoms with van der Waals surface area (Å²) in [5.74, 6) is -0.332. The molecule has 0 heterocycles. The van der Waals surface area contributed by atoms with Crippen molar-refractivity contribution in [1.29, 1.82) is 0 Å². The molecule has 0 saturated carbocycles. The number of anilines is 1. The molecule has 0 aliphatic carbocycles. The van der Waals surface area contributed by atoms with Gasteiger partial charge in [-0.05, 0) is 36.8 Å². The van der Waals surface area contributed by atoms with Gasteiger partial charge in [0.15, 0.2) is 5.11 Å². The molecule has 0 aliphatic rings. The van der Waals surface area contributed by atoms with Crippen LogP contribution in [-0.2, 0) is 11.0 Å². The van der Waals surface area contributed by atoms with Crippen molar-refractivity contribution in [2.24, 2.45) is 0 Å². The number of carbonyl (C=O) groups excluding carboxylic acids is 1. The average Bonchev–Trinajstić information content (AvgIpc) is 2.57. The lowest BCUT2D eigenvalue weighted by Crippen LogP contribution is -2.56. The summed E-state index contributed by atoms with van der Waals surface area (Å²) >= 11 is 22.7. The van der Waals surface area contributed by atoms with Crippen LogP contribution in [0, 0.1) is 0 Å². The first-order valence-electron chi connectivity index (χ1n) is 8.54. The highest BCUT2D eigenvalue weighted by Gasteiger charge is 2.35. The van der Waals surface area contributed by atoms with E-state index in [2.05, 4.69) is 22.9 Å². The van der Waals surface area contributed by atoms with Gasteiger partial charge in [-0.3, -0.25) is 4.79 Å². The molecular formula is C17H21Cl3F3N3OS. The van der Waals surface area contributed by atoms with E-state index >= 15 is 0 Å². The van der Waals surface area contributed by atoms with Crippen LogP contribution in [0.3, 0.4) is 0 Å². The van der Waals surface area contributed by atoms with Crippen LogP contribution in [0.15, 0.2) is 24.3 Å². The predicted molar refractivity (Wildman–Crippen MR) is 112 cm³/mol. The fourth-order valence-corrected chi connectivity index (χ4v) is 2.78. The third-order valence-electron chi connectivity index (χ3n) is 3.61. The molecule has 0 spiro atoms. The van der Waals surface area contributed by atoms with Gasteiger partial charge in [-0.1, -0.05) is 67.1 Å². The molecule has 0 bridgehead atoms. The zero-order valence-corrected chi connectivity index (χ0v) is 18.1. The largest absolute Gasteiger partial charge is 0.416 e. The molecule has 158 valence electrons. The van der Waals surface area contributed by atoms with Gasteiger partial charge in [0.1, 0.15) is 6.17 Å². The van der Waals surface area contributed by atoms with Crippen molar-refractivity contribution in [3.8, 4) is 0 Å². The molecular weight excluding hydrogens is 458 g/mol. The van der Waals surface area contributed by atoms with Crippen molar-refractivity contribution in [3.05, 3.63) is 29.8 Å². The monoisotopic (exact) mass is 477 g/mol. The summed E-state index contributed by atoms with van der Waals surface area (Å²) in [5, 5.41) is 7.61. The molecule has 1 atom stereocenters. The average molecular weight is 479 g/mol. The van der Waals surface area contributed by atoms with Crippen LogP contribution in [0.1, 0.15) is 44.6 Å². The number of carbonyl (C=O) groups is 1. The molecule has 3 N–H and O–H groups in total. The molecule has 11 heteroatoms. The number of alkyl halides is 6. The van der Waals surface area contributed by atoms with Crippen LogP contribution in [0.25, 0.3) is 0 Å². The number of amides is 1. The van der Waals surface area contributed by atoms with Crippen molar-refractivity contribution in [3.63, 3.8) is 0 Å². The third kappa shape index (κ3) is 9.49. The normalized spacial score (nSPS) is 13.0. The van der Waals surface area contributed by atoms with Crippen LogP contribution in [-0.4, -0.2) is 21.0 Å². The van der Waals surface area contributed by atoms with E-state index in [1.165, 1.54) is 12.1 Å². The highest BCUT2D eigenvalue weighted by molar-refractivity contribution is 7.80. The molecule has 0 aliphatic heterocycles. The summed E-state index contributed by atoms with van der Waals surface area (Å²) in [5.41, 5.74) is -0.736. The zero-order valence-electron chi connectivity index (χ0n) is 15.0. The van der Waals surface area contributed by atoms with Crippen LogP contribution in [0.4, 0.5) is 18.9 Å². The van der Waals surface area contributed by atoms with Gasteiger partial charge in [0.2, 0.25) is 9.70 Å². The van der Waals surface area contributed by atoms with Crippen molar-refractivity contribution >= 4 is 63.7 Å². The lowest BCUT2D eigenvalue weighted by molar-refractivity contribution is -0.137. The summed E-state index contributed by atoms with van der Waals surface area (Å²) in [6.07, 6.45) is -1.74. The number of benzene rings is 1. The minimum Gasteiger partial charge on any atom is -0.339 e. The Hall–Kier alpha value is -0.960. The van der Waals surface area contributed by atoms with Crippen molar-refractivity contribution in [2.75, 3.05) is 5.32 Å². The van der Waals surface area contributed by atoms with E-state index in [0.717, 1.165) is 31.4 Å². The van der Waals surface area contributed by atoms with E-state index in [-0.39, 0.29) is 23.1 Å². The molecule has 4 nitrogen and oxygen atoms in total. The summed E-state index contributed by atoms with van der Waals surface area (Å²) in [4.78, 5) is 12.0. The summed E-state index contributed by atoms with van der Waals surface area (Å²) in [6, 6.07) is 4.47. The molecule has 28 heavy (non-hydrogen) atoms. The Kier molecular flexibility index (Phi) is 10.1. The Balaban J connectivity index is 2.69. The van der Waals surface area contributed by atoms with Crippen LogP contribution < -0.4 is 16.0 Å². The highest BCUT2D eigenvalue weighted by atomic mass is 35.6. The maximum atomic E-state index is 12.8. The van der Waals surface area contributed by atoms with Gasteiger partial charge < -0.3 is 16.0 Å². The van der Waals surface area contributed by atoms with Crippen LogP contribution in [0.5, 0.6) is 0 Å². The lowest BCUT2D eigenvalue weighted by Gasteiger charge is -2.28. The minimum absolute atomic E-state index is 0.0984. The first kappa shape index (κ1) is 25.1. The molecule has 0 unspecified atom stereocenters. The maximum absolute atomic E-state index is 12.8. The van der Waals surface area contributed by atoms with Gasteiger partial charge in [0, 0.05) is 12.1 Å². The fraction of sp³-hybridized carbons (Fsp3) is 0.529. The second-order valence-corrected chi connectivity index (χ2v) is 8.81. The molecule has 0 radical (unpaired) electrons. The molecule has 1 rings (SSSR count). The molecule has 0 aromatic heterocycles. The number of hydrogen-bond acceptors (Lipinski definition) is 2. The van der Waals surface area contributed by atoms with Gasteiger partial charge in [0.05, 0.1) is 5.56 Å². The summed E-state index contributed by atoms with van der Waals surface area (Å²) < 4.78 is 36.4. The zero-order chi connectivity index (χ0) is 21.4. The topological polar surface area (TPSA) is 53.2 Å². The second-order valence-electron chi connectivity index (χ2n) is 6.03. The molecule has 1 aromatic rings. The van der Waals surface area contributed by atoms with Crippen molar-refractivity contribution in [2.45, 2.75) is 55.2 Å². The first-order chi connectivity index (χ1) is 12.9. The van der Waals surface area contributed by atoms with Gasteiger partial charge in [-0.25, -0.2) is 0 Å². The summed E-state index contributed by atoms with van der Waals surface area (Å²) in [7, 11) is 0. The number of nitrogens with one attached hydrogen (secondary N) is 3. The number of thiocarbonyl (C=S) groups is 1. The van der Waals surface area contributed by atoms with Crippen molar-refractivity contribution < 1.29 is 18.0 Å². The van der Waals surface area contributed by atoms with Gasteiger partial charge >= 0.3 is 6.18 Å². The van der Waals surface area contributed by atoms with E-state index in [0.29, 0.717) is 6.42 Å². The van der Waals surface area contributed by atoms with E-state index in [4.69, 9.17) is 47.0 Å². The first-order valence-corrected chi connectivity index (χ1v) is 10.1. The van der Waals surface area contributed by atoms with Gasteiger partial charge in [-0.2, -0.15) is 13.2 Å². The Bertz CT molecular complexity index is 669. The minimum atomic E-state index is -4.49. The van der Waals surface area contributed by atoms with Gasteiger partial charge in [-0.15, -0.1) is 0 Å². The van der Waals surface area contributed by atoms with E-state index < -0.39 is 21.7 Å². The standard InChI is InChI=1S/C17H21Cl3F3N3OS/c1-2-3-4-5-9-13(27)25-14(16(18,19)20)26-15(28)24-12-8-6-7-11(10-12)17(21,22)23/h6-8,10,14H,2-5,9H2,1H3,(H,25,27)(H2,24,26,28)/t14-/m0/s1. The Morgan fingerprint density at radius 2 is 1.82 bits per heavy atom. The molecule has 0 fully saturated rings. The second kappa shape index (κ2) is 11.3. The van der Waals surface area contributed by atoms with E-state index in [9.17, 15) is 18.0 Å². The maximum Gasteiger partial charge on any atom is 0.416 e. The van der Waals surface area contributed by atoms with Crippen LogP contribution >= 0.6 is 47.0 Å². The Labute approximate surface area is 182 Å². The number of hydrogen-bond donors (Lipinski definition) is 3. The van der Waals surface area contributed by atoms with Gasteiger partial charge in [0.25, 0.3) is 0 Å². The third-order valence-corrected chi connectivity index (χ3v) is 4.49. The molecule has 0 saturated heterocycles. The predicted octanol–water partition coefficient (Wildman–Crippen LogP) is 5.77. The number of halogens is 6. The lowest BCUT2D eigenvalue weighted by atomic mass is 10.1. The quantitative estimate of drug-likeness (QED) is 0.192. The Morgan fingerprint density at radius 3 is 2.39 bits per heavy atom. The molecule has 1 aromatic carbocycles. The van der Waals surface area contributed by atoms with Crippen LogP contribution in [0.2, 0.25) is 0 Å². The molecule has 1 amide bonds. The van der Waals surface area contributed by atoms with E-state index in [1.54, 1.807) is 0 Å². The van der Waals surface area contributed by atoms with E-state index in [1.807, 2.05) is 0 Å². The number of unbranched alkanes of at least 4 members (excludes halogenated alkanes) is 3. The highest BCUT2D eigenvalue weighted by Crippen LogP contribution is 2.31. The van der Waals surface area contributed by atoms with Crippen molar-refractivity contribution in [1.82, 2.24) is 10.6 Å².